The molecule has 97 heavy (non-hydrogen) atoms. The van der Waals surface area contributed by atoms with Crippen LogP contribution in [0.1, 0.15) is 265 Å². The van der Waals surface area contributed by atoms with Crippen LogP contribution in [0.3, 0.4) is 0 Å². The Bertz CT molecular complexity index is 2400. The van der Waals surface area contributed by atoms with Crippen LogP contribution >= 0.6 is 15.6 Å². The standard InChI is InChI=1S/C79H130O16P2/c1-4-7-10-13-16-19-22-25-27-29-31-33-35-36-38-40-41-43-45-48-50-53-56-59-62-65-77(82)89-68-74(80)69-91-96(85,86)92-70-75(81)71-93-97(87,88)94-73-76(95-79(84)67-64-61-58-55-52-47-24-21-18-15-12-9-6-3)72-90-78(83)66-63-60-57-54-51-49-46-44-42-39-37-34-32-30-28-26-23-20-17-14-11-8-5-2/h7-8,10-11,16-17,19-21,24-28,31-34,36,38-39,41-43,46,49,74-76,80-81H,4-6,9,12-15,18,22-23,29-30,35,37,40,44-45,47-48,50-73H2,1-3H3,(H,85,86)(H,87,88)/b10-7-,11-8-,19-16-,20-17-,24-21-,27-25-,28-26-,33-31-,34-32-,38-36-,42-39-,43-41-,49-46-. The molecule has 0 bridgehead atoms. The Labute approximate surface area is 587 Å². The maximum Gasteiger partial charge on any atom is 0.472 e. The lowest BCUT2D eigenvalue weighted by atomic mass is 10.1. The topological polar surface area (TPSA) is 231 Å². The molecule has 5 unspecified atom stereocenters. The van der Waals surface area contributed by atoms with Crippen molar-refractivity contribution < 1.29 is 75.8 Å². The maximum absolute atomic E-state index is 12.9. The van der Waals surface area contributed by atoms with Gasteiger partial charge < -0.3 is 34.2 Å². The van der Waals surface area contributed by atoms with Gasteiger partial charge in [-0.05, 0) is 148 Å². The fourth-order valence-corrected chi connectivity index (χ4v) is 10.7. The van der Waals surface area contributed by atoms with E-state index < -0.39 is 91.5 Å². The second-order valence-electron chi connectivity index (χ2n) is 24.0. The molecule has 0 saturated heterocycles. The molecule has 0 aliphatic carbocycles. The molecule has 0 aliphatic rings. The van der Waals surface area contributed by atoms with Gasteiger partial charge in [-0.3, -0.25) is 32.5 Å². The van der Waals surface area contributed by atoms with E-state index in [-0.39, 0.29) is 19.3 Å². The fourth-order valence-electron chi connectivity index (χ4n) is 9.16. The summed E-state index contributed by atoms with van der Waals surface area (Å²) in [5.41, 5.74) is 0. The summed E-state index contributed by atoms with van der Waals surface area (Å²) in [5, 5.41) is 20.6. The van der Waals surface area contributed by atoms with Crippen molar-refractivity contribution >= 4 is 33.6 Å². The van der Waals surface area contributed by atoms with Gasteiger partial charge in [0.25, 0.3) is 0 Å². The van der Waals surface area contributed by atoms with Gasteiger partial charge in [-0.2, -0.15) is 0 Å². The second kappa shape index (κ2) is 71.0. The molecule has 0 fully saturated rings. The van der Waals surface area contributed by atoms with Gasteiger partial charge in [0.2, 0.25) is 0 Å². The van der Waals surface area contributed by atoms with Crippen molar-refractivity contribution in [2.24, 2.45) is 0 Å². The third-order valence-corrected chi connectivity index (χ3v) is 16.6. The van der Waals surface area contributed by atoms with E-state index in [1.54, 1.807) is 0 Å². The third kappa shape index (κ3) is 72.2. The zero-order valence-corrected chi connectivity index (χ0v) is 61.7. The average molecular weight is 1400 g/mol. The first-order valence-electron chi connectivity index (χ1n) is 36.8. The Morgan fingerprint density at radius 2 is 0.546 bits per heavy atom. The largest absolute Gasteiger partial charge is 0.472 e. The van der Waals surface area contributed by atoms with Crippen molar-refractivity contribution in [2.45, 2.75) is 283 Å². The number of carbonyl (C=O) groups is 3. The van der Waals surface area contributed by atoms with Crippen LogP contribution in [0.2, 0.25) is 0 Å². The molecule has 0 aromatic heterocycles. The highest BCUT2D eigenvalue weighted by atomic mass is 31.2. The van der Waals surface area contributed by atoms with Gasteiger partial charge in [0.1, 0.15) is 25.4 Å². The number of esters is 3. The summed E-state index contributed by atoms with van der Waals surface area (Å²) >= 11 is 0. The lowest BCUT2D eigenvalue weighted by Crippen LogP contribution is -2.30. The van der Waals surface area contributed by atoms with Crippen LogP contribution in [0, 0.1) is 0 Å². The molecule has 18 heteroatoms. The summed E-state index contributed by atoms with van der Waals surface area (Å²) in [4.78, 5) is 58.5. The molecule has 0 rings (SSSR count). The van der Waals surface area contributed by atoms with Crippen LogP contribution in [0.4, 0.5) is 0 Å². The number of allylic oxidation sites excluding steroid dienone is 26. The summed E-state index contributed by atoms with van der Waals surface area (Å²) in [6.45, 7) is 2.35. The predicted molar refractivity (Wildman–Crippen MR) is 399 cm³/mol. The van der Waals surface area contributed by atoms with Crippen molar-refractivity contribution in [3.63, 3.8) is 0 Å². The number of rotatable bonds is 68. The van der Waals surface area contributed by atoms with Crippen LogP contribution in [-0.4, -0.2) is 95.9 Å². The average Bonchev–Trinajstić information content (AvgIpc) is 1.58. The van der Waals surface area contributed by atoms with Crippen LogP contribution in [0.25, 0.3) is 0 Å². The van der Waals surface area contributed by atoms with Gasteiger partial charge in [0.15, 0.2) is 6.10 Å². The number of hydrogen-bond acceptors (Lipinski definition) is 14. The normalized spacial score (nSPS) is 15.0. The van der Waals surface area contributed by atoms with Gasteiger partial charge in [-0.1, -0.05) is 256 Å². The predicted octanol–water partition coefficient (Wildman–Crippen LogP) is 21.1. The van der Waals surface area contributed by atoms with Gasteiger partial charge in [-0.25, -0.2) is 9.13 Å². The van der Waals surface area contributed by atoms with Crippen molar-refractivity contribution in [3.05, 3.63) is 158 Å². The number of phosphoric ester groups is 2. The molecular formula is C79H130O16P2. The molecular weight excluding hydrogens is 1270 g/mol. The van der Waals surface area contributed by atoms with Gasteiger partial charge in [-0.15, -0.1) is 0 Å². The summed E-state index contributed by atoms with van der Waals surface area (Å²) in [6.07, 6.45) is 87.2. The highest BCUT2D eigenvalue weighted by Crippen LogP contribution is 2.45. The SMILES string of the molecule is CC/C=C\C/C=C\C/C=C\C/C=C\C/C=C\C/C=C\CCCCCCCCC(=O)OCC(O)COP(=O)(O)OCC(O)COP(=O)(O)OCC(COC(=O)CCCCCC/C=C\C/C=C\C/C=C\C/C=C\C/C=C\C/C=C\CC)OC(=O)CCCCCCC/C=C\CCCCCC. The number of carbonyl (C=O) groups excluding carboxylic acids is 3. The number of phosphoric acid groups is 2. The van der Waals surface area contributed by atoms with Crippen molar-refractivity contribution in [1.82, 2.24) is 0 Å². The molecule has 0 aliphatic heterocycles. The van der Waals surface area contributed by atoms with Gasteiger partial charge in [0, 0.05) is 19.3 Å². The first-order chi connectivity index (χ1) is 47.2. The van der Waals surface area contributed by atoms with E-state index in [0.717, 1.165) is 180 Å². The molecule has 0 radical (unpaired) electrons. The zero-order valence-electron chi connectivity index (χ0n) is 59.9. The molecule has 552 valence electrons. The second-order valence-corrected chi connectivity index (χ2v) is 26.9. The Balaban J connectivity index is 4.64. The van der Waals surface area contributed by atoms with E-state index in [2.05, 4.69) is 179 Å². The van der Waals surface area contributed by atoms with Crippen LogP contribution in [-0.2, 0) is 55.8 Å². The monoisotopic (exact) mass is 1400 g/mol. The Morgan fingerprint density at radius 3 is 0.876 bits per heavy atom. The summed E-state index contributed by atoms with van der Waals surface area (Å²) in [6, 6.07) is 0. The molecule has 0 heterocycles. The number of aliphatic hydroxyl groups excluding tert-OH is 2. The van der Waals surface area contributed by atoms with Crippen LogP contribution in [0.5, 0.6) is 0 Å². The number of aliphatic hydroxyl groups is 2. The Hall–Kier alpha value is -4.83. The van der Waals surface area contributed by atoms with Gasteiger partial charge in [0.05, 0.1) is 26.4 Å². The third-order valence-electron chi connectivity index (χ3n) is 14.7. The quantitative estimate of drug-likeness (QED) is 0.0146. The maximum atomic E-state index is 12.9. The van der Waals surface area contributed by atoms with Crippen LogP contribution < -0.4 is 0 Å². The first-order valence-corrected chi connectivity index (χ1v) is 39.8. The lowest BCUT2D eigenvalue weighted by Gasteiger charge is -2.21. The molecule has 0 aromatic rings. The lowest BCUT2D eigenvalue weighted by molar-refractivity contribution is -0.161. The van der Waals surface area contributed by atoms with E-state index in [0.29, 0.717) is 19.3 Å². The van der Waals surface area contributed by atoms with Crippen molar-refractivity contribution in [1.29, 1.82) is 0 Å². The van der Waals surface area contributed by atoms with Crippen molar-refractivity contribution in [3.8, 4) is 0 Å². The summed E-state index contributed by atoms with van der Waals surface area (Å²) in [5.74, 6) is -1.64. The summed E-state index contributed by atoms with van der Waals surface area (Å²) < 4.78 is 61.0. The van der Waals surface area contributed by atoms with Gasteiger partial charge >= 0.3 is 33.6 Å². The number of unbranched alkanes of at least 4 members (excludes halogenated alkanes) is 19. The first kappa shape index (κ1) is 92.2. The molecule has 0 spiro atoms. The van der Waals surface area contributed by atoms with E-state index in [1.807, 2.05) is 0 Å². The fraction of sp³-hybridized carbons (Fsp3) is 0.633. The van der Waals surface area contributed by atoms with E-state index in [4.69, 9.17) is 32.3 Å². The Kier molecular flexibility index (Phi) is 67.5. The molecule has 0 saturated carbocycles. The van der Waals surface area contributed by atoms with E-state index in [1.165, 1.54) is 25.7 Å². The number of ether oxygens (including phenoxy) is 3. The molecule has 5 atom stereocenters. The van der Waals surface area contributed by atoms with E-state index >= 15 is 0 Å². The minimum Gasteiger partial charge on any atom is -0.463 e. The summed E-state index contributed by atoms with van der Waals surface area (Å²) in [7, 11) is -9.81. The smallest absolute Gasteiger partial charge is 0.463 e. The van der Waals surface area contributed by atoms with Crippen LogP contribution in [0.15, 0.2) is 158 Å². The molecule has 0 aromatic carbocycles. The highest BCUT2D eigenvalue weighted by Gasteiger charge is 2.29. The molecule has 4 N–H and O–H groups in total. The minimum atomic E-state index is -4.94. The van der Waals surface area contributed by atoms with E-state index in [9.17, 15) is 43.5 Å². The van der Waals surface area contributed by atoms with Crippen molar-refractivity contribution in [2.75, 3.05) is 39.6 Å². The molecule has 0 amide bonds. The highest BCUT2D eigenvalue weighted by molar-refractivity contribution is 7.47. The minimum absolute atomic E-state index is 0.0831. The number of hydrogen-bond donors (Lipinski definition) is 4. The molecule has 16 nitrogen and oxygen atoms in total. The Morgan fingerprint density at radius 1 is 0.299 bits per heavy atom. The zero-order chi connectivity index (χ0) is 70.9.